The zero-order valence-electron chi connectivity index (χ0n) is 15.7. The molecule has 1 N–H and O–H groups in total. The SMILES string of the molecule is Cc1cc(C)n(-c2ccc(=O)n(C3CCC(Nc4nc(C)no4)CC3)n2)n1. The fourth-order valence-electron chi connectivity index (χ4n) is 3.65. The van der Waals surface area contributed by atoms with Crippen LogP contribution in [0.2, 0.25) is 0 Å². The van der Waals surface area contributed by atoms with E-state index in [9.17, 15) is 4.79 Å². The Labute approximate surface area is 156 Å². The average Bonchev–Trinajstić information content (AvgIpc) is 3.21. The molecule has 0 atom stereocenters. The van der Waals surface area contributed by atoms with Crippen molar-refractivity contribution < 1.29 is 4.52 Å². The highest BCUT2D eigenvalue weighted by Gasteiger charge is 2.25. The Balaban J connectivity index is 1.48. The number of nitrogens with one attached hydrogen (secondary N) is 1. The van der Waals surface area contributed by atoms with Gasteiger partial charge in [-0.15, -0.1) is 5.10 Å². The van der Waals surface area contributed by atoms with Gasteiger partial charge in [0, 0.05) is 17.8 Å². The summed E-state index contributed by atoms with van der Waals surface area (Å²) in [7, 11) is 0. The maximum absolute atomic E-state index is 12.4. The molecule has 1 saturated carbocycles. The van der Waals surface area contributed by atoms with Crippen molar-refractivity contribution in [2.75, 3.05) is 5.32 Å². The Bertz CT molecular complexity index is 995. The highest BCUT2D eigenvalue weighted by Crippen LogP contribution is 2.28. The first kappa shape index (κ1) is 17.4. The Morgan fingerprint density at radius 2 is 1.89 bits per heavy atom. The molecule has 9 nitrogen and oxygen atoms in total. The summed E-state index contributed by atoms with van der Waals surface area (Å²) < 4.78 is 8.51. The van der Waals surface area contributed by atoms with E-state index in [1.807, 2.05) is 19.9 Å². The van der Waals surface area contributed by atoms with Crippen LogP contribution in [-0.4, -0.2) is 35.7 Å². The van der Waals surface area contributed by atoms with Crippen molar-refractivity contribution in [3.8, 4) is 5.82 Å². The minimum absolute atomic E-state index is 0.0794. The van der Waals surface area contributed by atoms with Gasteiger partial charge in [-0.1, -0.05) is 5.16 Å². The quantitative estimate of drug-likeness (QED) is 0.752. The zero-order chi connectivity index (χ0) is 19.0. The molecule has 0 unspecified atom stereocenters. The fourth-order valence-corrected chi connectivity index (χ4v) is 3.65. The topological polar surface area (TPSA) is 104 Å². The first-order valence-corrected chi connectivity index (χ1v) is 9.20. The van der Waals surface area contributed by atoms with Crippen molar-refractivity contribution >= 4 is 6.01 Å². The first-order valence-electron chi connectivity index (χ1n) is 9.20. The highest BCUT2D eigenvalue weighted by molar-refractivity contribution is 5.24. The van der Waals surface area contributed by atoms with Gasteiger partial charge < -0.3 is 9.84 Å². The van der Waals surface area contributed by atoms with Gasteiger partial charge in [-0.3, -0.25) is 4.79 Å². The minimum atomic E-state index is -0.0794. The lowest BCUT2D eigenvalue weighted by molar-refractivity contribution is 0.298. The predicted octanol–water partition coefficient (Wildman–Crippen LogP) is 2.33. The molecule has 1 aliphatic carbocycles. The molecule has 9 heteroatoms. The molecule has 1 aliphatic rings. The van der Waals surface area contributed by atoms with Crippen molar-refractivity contribution in [1.29, 1.82) is 0 Å². The molecule has 3 heterocycles. The Morgan fingerprint density at radius 1 is 1.11 bits per heavy atom. The van der Waals surface area contributed by atoms with Crippen LogP contribution in [0.15, 0.2) is 27.5 Å². The second kappa shape index (κ2) is 6.98. The zero-order valence-corrected chi connectivity index (χ0v) is 15.7. The normalized spacial score (nSPS) is 20.0. The summed E-state index contributed by atoms with van der Waals surface area (Å²) in [4.78, 5) is 16.6. The summed E-state index contributed by atoms with van der Waals surface area (Å²) in [5, 5.41) is 16.1. The third-order valence-electron chi connectivity index (χ3n) is 4.94. The number of hydrogen-bond acceptors (Lipinski definition) is 7. The number of nitrogens with zero attached hydrogens (tertiary/aromatic N) is 6. The van der Waals surface area contributed by atoms with Gasteiger partial charge in [0.1, 0.15) is 0 Å². The predicted molar refractivity (Wildman–Crippen MR) is 99.0 cm³/mol. The second-order valence-electron chi connectivity index (χ2n) is 7.11. The smallest absolute Gasteiger partial charge is 0.321 e. The van der Waals surface area contributed by atoms with Crippen LogP contribution in [0.25, 0.3) is 5.82 Å². The summed E-state index contributed by atoms with van der Waals surface area (Å²) in [6.07, 6.45) is 3.53. The van der Waals surface area contributed by atoms with E-state index in [1.54, 1.807) is 28.4 Å². The van der Waals surface area contributed by atoms with Crippen LogP contribution < -0.4 is 10.9 Å². The van der Waals surface area contributed by atoms with Gasteiger partial charge in [0.15, 0.2) is 11.6 Å². The van der Waals surface area contributed by atoms with Crippen LogP contribution in [0, 0.1) is 20.8 Å². The highest BCUT2D eigenvalue weighted by atomic mass is 16.5. The third-order valence-corrected chi connectivity index (χ3v) is 4.94. The van der Waals surface area contributed by atoms with E-state index >= 15 is 0 Å². The van der Waals surface area contributed by atoms with Gasteiger partial charge in [0.2, 0.25) is 0 Å². The number of hydrogen-bond donors (Lipinski definition) is 1. The van der Waals surface area contributed by atoms with E-state index in [-0.39, 0.29) is 17.6 Å². The van der Waals surface area contributed by atoms with Gasteiger partial charge in [-0.2, -0.15) is 10.1 Å². The number of rotatable bonds is 4. The fraction of sp³-hybridized carbons (Fsp3) is 0.500. The molecule has 0 aromatic carbocycles. The Hall–Kier alpha value is -2.97. The van der Waals surface area contributed by atoms with E-state index in [4.69, 9.17) is 4.52 Å². The van der Waals surface area contributed by atoms with Crippen LogP contribution in [0.3, 0.4) is 0 Å². The van der Waals surface area contributed by atoms with Crippen molar-refractivity contribution in [2.45, 2.75) is 58.5 Å². The molecule has 0 radical (unpaired) electrons. The van der Waals surface area contributed by atoms with Crippen LogP contribution in [0.1, 0.15) is 48.9 Å². The lowest BCUT2D eigenvalue weighted by Gasteiger charge is -2.29. The molecule has 27 heavy (non-hydrogen) atoms. The van der Waals surface area contributed by atoms with E-state index < -0.39 is 0 Å². The van der Waals surface area contributed by atoms with Gasteiger partial charge >= 0.3 is 6.01 Å². The number of anilines is 1. The second-order valence-corrected chi connectivity index (χ2v) is 7.11. The summed E-state index contributed by atoms with van der Waals surface area (Å²) >= 11 is 0. The van der Waals surface area contributed by atoms with Crippen LogP contribution in [0.5, 0.6) is 0 Å². The Morgan fingerprint density at radius 3 is 2.52 bits per heavy atom. The molecule has 0 spiro atoms. The van der Waals surface area contributed by atoms with Crippen LogP contribution in [-0.2, 0) is 0 Å². The summed E-state index contributed by atoms with van der Waals surface area (Å²) in [6, 6.07) is 6.09. The molecular weight excluding hydrogens is 346 g/mol. The molecule has 1 fully saturated rings. The molecule has 3 aromatic rings. The standard InChI is InChI=1S/C18H23N7O2/c1-11-10-12(2)24(21-11)16-8-9-17(26)25(22-16)15-6-4-14(5-7-15)20-18-19-13(3)23-27-18/h8-10,14-15H,4-7H2,1-3H3,(H,19,20,23). The van der Waals surface area contributed by atoms with Gasteiger partial charge in [-0.25, -0.2) is 9.36 Å². The van der Waals surface area contributed by atoms with E-state index in [1.165, 1.54) is 0 Å². The largest absolute Gasteiger partial charge is 0.335 e. The van der Waals surface area contributed by atoms with E-state index in [0.29, 0.717) is 17.7 Å². The number of aryl methyl sites for hydroxylation is 3. The average molecular weight is 369 g/mol. The number of aromatic nitrogens is 6. The maximum atomic E-state index is 12.4. The molecule has 3 aromatic heterocycles. The van der Waals surface area contributed by atoms with Gasteiger partial charge in [0.05, 0.1) is 11.7 Å². The molecule has 0 bridgehead atoms. The minimum Gasteiger partial charge on any atom is -0.335 e. The van der Waals surface area contributed by atoms with Crippen LogP contribution >= 0.6 is 0 Å². The van der Waals surface area contributed by atoms with E-state index in [0.717, 1.165) is 37.1 Å². The van der Waals surface area contributed by atoms with Crippen molar-refractivity contribution in [3.63, 3.8) is 0 Å². The lowest BCUT2D eigenvalue weighted by Crippen LogP contribution is -2.33. The summed E-state index contributed by atoms with van der Waals surface area (Å²) in [5.74, 6) is 1.28. The first-order chi connectivity index (χ1) is 13.0. The van der Waals surface area contributed by atoms with Crippen LogP contribution in [0.4, 0.5) is 6.01 Å². The molecule has 4 rings (SSSR count). The molecule has 0 saturated heterocycles. The summed E-state index contributed by atoms with van der Waals surface area (Å²) in [5.41, 5.74) is 1.84. The lowest BCUT2D eigenvalue weighted by atomic mass is 9.91. The van der Waals surface area contributed by atoms with Gasteiger partial charge in [0.25, 0.3) is 5.56 Å². The van der Waals surface area contributed by atoms with Crippen molar-refractivity contribution in [1.82, 2.24) is 29.7 Å². The molecular formula is C18H23N7O2. The van der Waals surface area contributed by atoms with Crippen molar-refractivity contribution in [2.24, 2.45) is 0 Å². The monoisotopic (exact) mass is 369 g/mol. The van der Waals surface area contributed by atoms with Gasteiger partial charge in [-0.05, 0) is 58.6 Å². The molecule has 142 valence electrons. The molecule has 0 amide bonds. The third kappa shape index (κ3) is 3.62. The molecule has 0 aliphatic heterocycles. The Kier molecular flexibility index (Phi) is 4.51. The van der Waals surface area contributed by atoms with Crippen molar-refractivity contribution in [3.05, 3.63) is 45.8 Å². The van der Waals surface area contributed by atoms with E-state index in [2.05, 4.69) is 25.7 Å². The summed E-state index contributed by atoms with van der Waals surface area (Å²) in [6.45, 7) is 5.71. The maximum Gasteiger partial charge on any atom is 0.321 e.